The number of nitrogens with zero attached hydrogens (tertiary/aromatic N) is 2. The van der Waals surface area contributed by atoms with Crippen molar-refractivity contribution in [1.82, 2.24) is 19.6 Å². The molecule has 0 aliphatic carbocycles. The highest BCUT2D eigenvalue weighted by atomic mass is 32.2. The van der Waals surface area contributed by atoms with Crippen molar-refractivity contribution in [1.29, 1.82) is 0 Å². The lowest BCUT2D eigenvalue weighted by atomic mass is 10.2. The number of aromatic amines is 1. The van der Waals surface area contributed by atoms with Crippen molar-refractivity contribution in [2.24, 2.45) is 0 Å². The number of carbonyl (C=O) groups is 1. The van der Waals surface area contributed by atoms with E-state index in [1.165, 1.54) is 28.2 Å². The third-order valence-electron chi connectivity index (χ3n) is 5.07. The van der Waals surface area contributed by atoms with Crippen LogP contribution in [0.1, 0.15) is 5.56 Å². The molecule has 0 bridgehead atoms. The monoisotopic (exact) mass is 490 g/mol. The van der Waals surface area contributed by atoms with Crippen LogP contribution in [0.5, 0.6) is 0 Å². The Morgan fingerprint density at radius 2 is 1.82 bits per heavy atom. The van der Waals surface area contributed by atoms with Crippen molar-refractivity contribution in [2.45, 2.75) is 16.6 Å². The summed E-state index contributed by atoms with van der Waals surface area (Å²) in [5, 5.41) is 3.40. The maximum absolute atomic E-state index is 13.1. The first kappa shape index (κ1) is 23.4. The summed E-state index contributed by atoms with van der Waals surface area (Å²) in [4.78, 5) is 19.8. The minimum Gasteiger partial charge on any atom is -0.379 e. The lowest BCUT2D eigenvalue weighted by Gasteiger charge is -2.26. The number of benzene rings is 2. The van der Waals surface area contributed by atoms with E-state index < -0.39 is 10.0 Å². The Balaban J connectivity index is 1.26. The summed E-state index contributed by atoms with van der Waals surface area (Å²) in [6, 6.07) is 12.6. The molecule has 2 aromatic carbocycles. The number of aromatic nitrogens is 2. The number of imidazole rings is 1. The van der Waals surface area contributed by atoms with Gasteiger partial charge in [-0.25, -0.2) is 17.8 Å². The molecule has 3 aromatic rings. The van der Waals surface area contributed by atoms with Crippen molar-refractivity contribution in [2.75, 3.05) is 32.1 Å². The van der Waals surface area contributed by atoms with Crippen molar-refractivity contribution in [3.63, 3.8) is 0 Å². The van der Waals surface area contributed by atoms with Crippen LogP contribution in [-0.4, -0.2) is 60.7 Å². The number of sulfonamides is 1. The average Bonchev–Trinajstić information content (AvgIpc) is 3.32. The lowest BCUT2D eigenvalue weighted by Crippen LogP contribution is -2.40. The third-order valence-corrected chi connectivity index (χ3v) is 7.87. The molecule has 1 aliphatic rings. The summed E-state index contributed by atoms with van der Waals surface area (Å²) in [5.74, 6) is -0.317. The van der Waals surface area contributed by atoms with Crippen LogP contribution in [-0.2, 0) is 26.1 Å². The quantitative estimate of drug-likeness (QED) is 0.471. The summed E-state index contributed by atoms with van der Waals surface area (Å²) < 4.78 is 45.0. The van der Waals surface area contributed by atoms with Crippen LogP contribution in [0.15, 0.2) is 64.8 Å². The fraction of sp³-hybridized carbons (Fsp3) is 0.273. The fourth-order valence-electron chi connectivity index (χ4n) is 3.25. The van der Waals surface area contributed by atoms with Crippen LogP contribution in [0.4, 0.5) is 4.39 Å². The summed E-state index contributed by atoms with van der Waals surface area (Å²) >= 11 is 1.26. The Labute approximate surface area is 195 Å². The van der Waals surface area contributed by atoms with Gasteiger partial charge in [-0.2, -0.15) is 4.31 Å². The minimum atomic E-state index is -3.54. The number of thioether (sulfide) groups is 1. The first-order chi connectivity index (χ1) is 15.9. The SMILES string of the molecule is O=C(CSc1ncc(-c2ccc(F)cc2)[nH]1)NCc1ccc(S(=O)(=O)N2CCOCC2)cc1. The molecular formula is C22H23FN4O4S2. The van der Waals surface area contributed by atoms with Crippen molar-refractivity contribution >= 4 is 27.7 Å². The van der Waals surface area contributed by atoms with Gasteiger partial charge in [0.1, 0.15) is 5.82 Å². The Morgan fingerprint density at radius 1 is 1.12 bits per heavy atom. The molecule has 0 atom stereocenters. The van der Waals surface area contributed by atoms with Gasteiger partial charge >= 0.3 is 0 Å². The number of hydrogen-bond donors (Lipinski definition) is 2. The van der Waals surface area contributed by atoms with Gasteiger partial charge in [-0.1, -0.05) is 23.9 Å². The molecule has 1 fully saturated rings. The highest BCUT2D eigenvalue weighted by Gasteiger charge is 2.26. The molecule has 0 radical (unpaired) electrons. The van der Waals surface area contributed by atoms with E-state index in [-0.39, 0.29) is 28.9 Å². The molecule has 4 rings (SSSR count). The normalized spacial score (nSPS) is 14.8. The van der Waals surface area contributed by atoms with E-state index in [2.05, 4.69) is 15.3 Å². The number of amides is 1. The van der Waals surface area contributed by atoms with E-state index >= 15 is 0 Å². The Hall–Kier alpha value is -2.73. The van der Waals surface area contributed by atoms with Crippen LogP contribution >= 0.6 is 11.8 Å². The lowest BCUT2D eigenvalue weighted by molar-refractivity contribution is -0.118. The van der Waals surface area contributed by atoms with Gasteiger partial charge in [0.05, 0.1) is 35.8 Å². The molecule has 1 saturated heterocycles. The fourth-order valence-corrected chi connectivity index (χ4v) is 5.34. The maximum atomic E-state index is 13.1. The van der Waals surface area contributed by atoms with E-state index in [9.17, 15) is 17.6 Å². The second-order valence-electron chi connectivity index (χ2n) is 7.33. The molecule has 1 aromatic heterocycles. The number of carbonyl (C=O) groups excluding carboxylic acids is 1. The molecule has 0 saturated carbocycles. The van der Waals surface area contributed by atoms with Crippen LogP contribution in [0, 0.1) is 5.82 Å². The molecule has 0 spiro atoms. The number of halogens is 1. The minimum absolute atomic E-state index is 0.167. The van der Waals surface area contributed by atoms with Crippen LogP contribution < -0.4 is 5.32 Å². The highest BCUT2D eigenvalue weighted by molar-refractivity contribution is 7.99. The zero-order valence-corrected chi connectivity index (χ0v) is 19.3. The van der Waals surface area contributed by atoms with E-state index in [0.29, 0.717) is 31.5 Å². The average molecular weight is 491 g/mol. The maximum Gasteiger partial charge on any atom is 0.243 e. The molecule has 33 heavy (non-hydrogen) atoms. The number of ether oxygens (including phenoxy) is 1. The van der Waals surface area contributed by atoms with Gasteiger partial charge in [0.25, 0.3) is 0 Å². The van der Waals surface area contributed by atoms with E-state index in [4.69, 9.17) is 4.74 Å². The third kappa shape index (κ3) is 5.99. The number of morpholine rings is 1. The van der Waals surface area contributed by atoms with Crippen molar-refractivity contribution in [3.05, 3.63) is 66.1 Å². The molecule has 8 nitrogen and oxygen atoms in total. The molecule has 1 aliphatic heterocycles. The van der Waals surface area contributed by atoms with Gasteiger partial charge in [0, 0.05) is 19.6 Å². The first-order valence-electron chi connectivity index (χ1n) is 10.3. The molecule has 2 N–H and O–H groups in total. The zero-order chi connectivity index (χ0) is 23.3. The van der Waals surface area contributed by atoms with Gasteiger partial charge in [-0.05, 0) is 47.5 Å². The Kier molecular flexibility index (Phi) is 7.43. The standard InChI is InChI=1S/C22H23FN4O4S2/c23-18-5-3-17(4-6-18)20-14-25-22(26-20)32-15-21(28)24-13-16-1-7-19(8-2-16)33(29,30)27-9-11-31-12-10-27/h1-8,14H,9-13,15H2,(H,24,28)(H,25,26). The second kappa shape index (κ2) is 10.5. The molecule has 1 amide bonds. The predicted octanol–water partition coefficient (Wildman–Crippen LogP) is 2.65. The van der Waals surface area contributed by atoms with Gasteiger partial charge in [-0.3, -0.25) is 4.79 Å². The van der Waals surface area contributed by atoms with Gasteiger partial charge in [0.15, 0.2) is 5.16 Å². The Morgan fingerprint density at radius 3 is 2.52 bits per heavy atom. The largest absolute Gasteiger partial charge is 0.379 e. The zero-order valence-electron chi connectivity index (χ0n) is 17.7. The summed E-state index contributed by atoms with van der Waals surface area (Å²) in [7, 11) is -3.54. The summed E-state index contributed by atoms with van der Waals surface area (Å²) in [6.45, 7) is 1.77. The highest BCUT2D eigenvalue weighted by Crippen LogP contribution is 2.22. The Bertz CT molecular complexity index is 1190. The number of H-pyrrole nitrogens is 1. The van der Waals surface area contributed by atoms with Gasteiger partial charge in [-0.15, -0.1) is 0 Å². The van der Waals surface area contributed by atoms with E-state index in [1.54, 1.807) is 42.6 Å². The predicted molar refractivity (Wildman–Crippen MR) is 123 cm³/mol. The molecule has 11 heteroatoms. The van der Waals surface area contributed by atoms with E-state index in [1.807, 2.05) is 0 Å². The van der Waals surface area contributed by atoms with Crippen LogP contribution in [0.25, 0.3) is 11.3 Å². The molecular weight excluding hydrogens is 467 g/mol. The van der Waals surface area contributed by atoms with Gasteiger partial charge < -0.3 is 15.0 Å². The second-order valence-corrected chi connectivity index (χ2v) is 10.2. The number of rotatable bonds is 8. The van der Waals surface area contributed by atoms with Crippen LogP contribution in [0.3, 0.4) is 0 Å². The van der Waals surface area contributed by atoms with Crippen molar-refractivity contribution in [3.8, 4) is 11.3 Å². The summed E-state index contributed by atoms with van der Waals surface area (Å²) in [6.07, 6.45) is 1.64. The van der Waals surface area contributed by atoms with Gasteiger partial charge in [0.2, 0.25) is 15.9 Å². The first-order valence-corrected chi connectivity index (χ1v) is 12.7. The smallest absolute Gasteiger partial charge is 0.243 e. The van der Waals surface area contributed by atoms with Crippen molar-refractivity contribution < 1.29 is 22.3 Å². The number of hydrogen-bond acceptors (Lipinski definition) is 6. The topological polar surface area (TPSA) is 104 Å². The van der Waals surface area contributed by atoms with E-state index in [0.717, 1.165) is 16.8 Å². The molecule has 0 unspecified atom stereocenters. The van der Waals surface area contributed by atoms with Crippen LogP contribution in [0.2, 0.25) is 0 Å². The summed E-state index contributed by atoms with van der Waals surface area (Å²) in [5.41, 5.74) is 2.34. The molecule has 174 valence electrons. The number of nitrogens with one attached hydrogen (secondary N) is 2. The molecule has 2 heterocycles.